The summed E-state index contributed by atoms with van der Waals surface area (Å²) in [7, 11) is 0. The topological polar surface area (TPSA) is 139 Å². The number of allylic oxidation sites excluding steroid dienone is 1. The lowest BCUT2D eigenvalue weighted by atomic mass is 9.55. The van der Waals surface area contributed by atoms with Gasteiger partial charge in [-0.15, -0.1) is 6.58 Å². The molecular formula is C61H81N3O8. The molecular weight excluding hydrogens is 903 g/mol. The molecule has 0 spiro atoms. The van der Waals surface area contributed by atoms with Gasteiger partial charge in [-0.3, -0.25) is 4.79 Å². The Kier molecular flexibility index (Phi) is 21.2. The normalized spacial score (nSPS) is 21.5. The van der Waals surface area contributed by atoms with Crippen LogP contribution in [0.4, 0.5) is 4.79 Å². The van der Waals surface area contributed by atoms with Crippen LogP contribution in [-0.2, 0) is 16.2 Å². The maximum absolute atomic E-state index is 15.4. The van der Waals surface area contributed by atoms with Gasteiger partial charge >= 0.3 is 6.09 Å². The van der Waals surface area contributed by atoms with E-state index in [-0.39, 0.29) is 56.5 Å². The van der Waals surface area contributed by atoms with E-state index >= 15 is 4.79 Å². The molecule has 6 unspecified atom stereocenters. The van der Waals surface area contributed by atoms with Crippen LogP contribution in [0.3, 0.4) is 0 Å². The van der Waals surface area contributed by atoms with Crippen LogP contribution in [-0.4, -0.2) is 77.6 Å². The number of aliphatic hydroxyl groups excluding tert-OH is 2. The van der Waals surface area contributed by atoms with Crippen LogP contribution in [0.15, 0.2) is 120 Å². The Morgan fingerprint density at radius 2 is 1.51 bits per heavy atom. The summed E-state index contributed by atoms with van der Waals surface area (Å²) < 4.78 is 20.7. The third-order valence-corrected chi connectivity index (χ3v) is 15.0. The van der Waals surface area contributed by atoms with Gasteiger partial charge in [0.05, 0.1) is 18.2 Å². The first-order chi connectivity index (χ1) is 35.3. The van der Waals surface area contributed by atoms with Crippen LogP contribution < -0.4 is 14.8 Å². The van der Waals surface area contributed by atoms with Gasteiger partial charge in [0.15, 0.2) is 0 Å². The summed E-state index contributed by atoms with van der Waals surface area (Å²) in [5.41, 5.74) is 4.10. The van der Waals surface area contributed by atoms with Gasteiger partial charge in [0.25, 0.3) is 5.91 Å². The Morgan fingerprint density at radius 3 is 2.24 bits per heavy atom. The number of hydrogen-bond donors (Lipinski definition) is 3. The smallest absolute Gasteiger partial charge is 0.412 e. The Bertz CT molecular complexity index is 2400. The Balaban J connectivity index is 1.29. The van der Waals surface area contributed by atoms with Gasteiger partial charge in [0, 0.05) is 49.8 Å². The van der Waals surface area contributed by atoms with Gasteiger partial charge in [-0.25, -0.2) is 4.79 Å². The number of carbonyl (C=O) groups is 2. The van der Waals surface area contributed by atoms with Crippen molar-refractivity contribution < 1.29 is 38.9 Å². The van der Waals surface area contributed by atoms with Crippen LogP contribution in [0.5, 0.6) is 11.5 Å². The highest BCUT2D eigenvalue weighted by Gasteiger charge is 2.65. The Labute approximate surface area is 429 Å². The van der Waals surface area contributed by atoms with Gasteiger partial charge in [0.1, 0.15) is 24.1 Å². The van der Waals surface area contributed by atoms with Crippen LogP contribution in [0.25, 0.3) is 10.8 Å². The molecule has 1 saturated carbocycles. The van der Waals surface area contributed by atoms with Crippen LogP contribution in [0.2, 0.25) is 0 Å². The van der Waals surface area contributed by atoms with E-state index in [0.29, 0.717) is 49.4 Å². The highest BCUT2D eigenvalue weighted by atomic mass is 16.7. The number of hydrogen-bond acceptors (Lipinski definition) is 9. The van der Waals surface area contributed by atoms with Crippen molar-refractivity contribution in [1.29, 1.82) is 0 Å². The van der Waals surface area contributed by atoms with Crippen molar-refractivity contribution >= 4 is 28.5 Å². The minimum atomic E-state index is -1.42. The third-order valence-electron chi connectivity index (χ3n) is 15.0. The molecule has 0 radical (unpaired) electrons. The molecule has 3 N–H and O–H groups in total. The second-order valence-corrected chi connectivity index (χ2v) is 20.1. The highest BCUT2D eigenvalue weighted by molar-refractivity contribution is 6.04. The fourth-order valence-electron chi connectivity index (χ4n) is 11.5. The first-order valence-corrected chi connectivity index (χ1v) is 27.3. The van der Waals surface area contributed by atoms with Gasteiger partial charge in [-0.2, -0.15) is 0 Å². The van der Waals surface area contributed by atoms with E-state index in [1.165, 1.54) is 44.9 Å². The molecule has 2 aliphatic carbocycles. The summed E-state index contributed by atoms with van der Waals surface area (Å²) in [6.07, 6.45) is 21.2. The third kappa shape index (κ3) is 13.8. The molecule has 4 aromatic rings. The zero-order valence-electron chi connectivity index (χ0n) is 43.1. The van der Waals surface area contributed by atoms with Gasteiger partial charge < -0.3 is 39.5 Å². The quantitative estimate of drug-likeness (QED) is 0.0267. The van der Waals surface area contributed by atoms with Crippen molar-refractivity contribution in [3.8, 4) is 11.5 Å². The highest BCUT2D eigenvalue weighted by Crippen LogP contribution is 2.62. The van der Waals surface area contributed by atoms with E-state index in [0.717, 1.165) is 78.1 Å². The van der Waals surface area contributed by atoms with Crippen LogP contribution in [0, 0.1) is 17.8 Å². The maximum Gasteiger partial charge on any atom is 0.412 e. The monoisotopic (exact) mass is 984 g/mol. The lowest BCUT2D eigenvalue weighted by molar-refractivity contribution is -0.254. The van der Waals surface area contributed by atoms with Crippen molar-refractivity contribution in [3.63, 3.8) is 0 Å². The van der Waals surface area contributed by atoms with Gasteiger partial charge in [-0.05, 0) is 103 Å². The first-order valence-electron chi connectivity index (χ1n) is 27.3. The number of amides is 2. The average Bonchev–Trinajstić information content (AvgIpc) is 3.40. The average molecular weight is 984 g/mol. The molecule has 3 aliphatic rings. The van der Waals surface area contributed by atoms with E-state index in [9.17, 15) is 15.0 Å². The summed E-state index contributed by atoms with van der Waals surface area (Å²) in [6.45, 7) is 9.96. The number of benzene rings is 4. The number of aliphatic hydroxyl groups is 2. The molecule has 1 heterocycles. The minimum absolute atomic E-state index is 0.0137. The number of nitrogens with zero attached hydrogens (tertiary/aromatic N) is 2. The van der Waals surface area contributed by atoms with E-state index in [1.54, 1.807) is 12.1 Å². The molecule has 4 aromatic carbocycles. The molecule has 6 atom stereocenters. The van der Waals surface area contributed by atoms with Crippen LogP contribution in [0.1, 0.15) is 157 Å². The Hall–Kier alpha value is -5.49. The summed E-state index contributed by atoms with van der Waals surface area (Å²) >= 11 is 0. The fourth-order valence-corrected chi connectivity index (χ4v) is 11.5. The predicted molar refractivity (Wildman–Crippen MR) is 287 cm³/mol. The molecule has 388 valence electrons. The summed E-state index contributed by atoms with van der Waals surface area (Å²) in [6, 6.07) is 28.8. The largest absolute Gasteiger partial charge is 0.459 e. The van der Waals surface area contributed by atoms with Crippen molar-refractivity contribution in [2.24, 2.45) is 22.9 Å². The lowest BCUT2D eigenvalue weighted by Gasteiger charge is -2.60. The molecule has 11 nitrogen and oxygen atoms in total. The molecule has 0 bridgehead atoms. The number of fused-ring (bicyclic) bond motifs is 3. The standard InChI is InChI=1S/C61H81N3O8/c1-4-7-8-9-10-11-12-13-14-22-35-62-60(68)71-50-33-34-55-53(42-50)57-51(30-21-24-38-66)48(29-20-23-37-65)41-52-54(63-70-44-45-25-16-15-17-26-45)43-56(61(72-55,58(52)57)69-39-6-3)64(36-5-2)59(67)49-32-31-46-27-18-19-28-47(46)40-49/h6,15-19,25-28,31-34,40-42,48,51,56-58,65-66H,3-5,7-14,20-24,29-30,35-39,43-44H2,1-2H3,(H,62,68). The van der Waals surface area contributed by atoms with E-state index < -0.39 is 23.8 Å². The Morgan fingerprint density at radius 1 is 0.806 bits per heavy atom. The number of oxime groups is 1. The molecule has 7 rings (SSSR count). The second-order valence-electron chi connectivity index (χ2n) is 20.1. The second kappa shape index (κ2) is 28.1. The first kappa shape index (κ1) is 54.3. The van der Waals surface area contributed by atoms with Gasteiger partial charge in [-0.1, -0.05) is 162 Å². The van der Waals surface area contributed by atoms with Crippen molar-refractivity contribution in [2.75, 3.05) is 32.9 Å². The van der Waals surface area contributed by atoms with E-state index in [4.69, 9.17) is 24.2 Å². The number of carbonyl (C=O) groups excluding carboxylic acids is 2. The van der Waals surface area contributed by atoms with Gasteiger partial charge in [0.2, 0.25) is 5.79 Å². The predicted octanol–water partition coefficient (Wildman–Crippen LogP) is 13.2. The SMILES string of the molecule is C=CCOC12Oc3ccc(OC(=O)NCCCCCCCCCCCC)cc3C3C(CCCCO)C(CCCCO)C=C(C(=NOCc4ccccc4)CC1N(CCC)C(=O)c1ccc4ccccc4c1)C32. The van der Waals surface area contributed by atoms with E-state index in [1.807, 2.05) is 89.8 Å². The molecule has 0 saturated heterocycles. The molecule has 0 aromatic heterocycles. The minimum Gasteiger partial charge on any atom is -0.459 e. The molecule has 72 heavy (non-hydrogen) atoms. The summed E-state index contributed by atoms with van der Waals surface area (Å²) in [4.78, 5) is 37.0. The van der Waals surface area contributed by atoms with Crippen molar-refractivity contribution in [1.82, 2.24) is 10.2 Å². The number of rotatable bonds is 30. The van der Waals surface area contributed by atoms with Crippen LogP contribution >= 0.6 is 0 Å². The number of ether oxygens (including phenoxy) is 3. The summed E-state index contributed by atoms with van der Waals surface area (Å²) in [5, 5.41) is 30.1. The number of unbranched alkanes of at least 4 members (excludes halogenated alkanes) is 11. The van der Waals surface area contributed by atoms with E-state index in [2.05, 4.69) is 31.8 Å². The summed E-state index contributed by atoms with van der Waals surface area (Å²) in [5.74, 6) is -1.26. The molecule has 1 aliphatic heterocycles. The number of nitrogens with one attached hydrogen (secondary N) is 1. The zero-order valence-corrected chi connectivity index (χ0v) is 43.1. The van der Waals surface area contributed by atoms with Crippen molar-refractivity contribution in [3.05, 3.63) is 132 Å². The molecule has 11 heteroatoms. The fraction of sp³-hybridized carbons (Fsp3) is 0.525. The molecule has 1 fully saturated rings. The lowest BCUT2D eigenvalue weighted by Crippen LogP contribution is -2.70. The molecule has 2 amide bonds. The maximum atomic E-state index is 15.4. The zero-order chi connectivity index (χ0) is 50.5. The van der Waals surface area contributed by atoms with Crippen molar-refractivity contribution in [2.45, 2.75) is 154 Å².